The Labute approximate surface area is 144 Å². The van der Waals surface area contributed by atoms with Crippen molar-refractivity contribution in [3.63, 3.8) is 0 Å². The molecule has 22 heavy (non-hydrogen) atoms. The molecule has 0 saturated carbocycles. The number of unbranched alkanes of at least 4 members (excludes halogenated alkanes) is 3. The van der Waals surface area contributed by atoms with E-state index in [0.29, 0.717) is 0 Å². The molecule has 0 aromatic heterocycles. The van der Waals surface area contributed by atoms with Gasteiger partial charge in [0.1, 0.15) is 0 Å². The van der Waals surface area contributed by atoms with Crippen LogP contribution in [0.4, 0.5) is 0 Å². The predicted molar refractivity (Wildman–Crippen MR) is 105 cm³/mol. The van der Waals surface area contributed by atoms with Crippen LogP contribution >= 0.6 is 0 Å². The summed E-state index contributed by atoms with van der Waals surface area (Å²) in [7, 11) is 0. The number of hydrogen-bond acceptors (Lipinski definition) is 0. The van der Waals surface area contributed by atoms with Gasteiger partial charge in [-0.15, -0.1) is 0 Å². The zero-order chi connectivity index (χ0) is 16.4. The molecule has 0 nitrogen and oxygen atoms in total. The summed E-state index contributed by atoms with van der Waals surface area (Å²) in [6, 6.07) is 6.90. The molecule has 1 rings (SSSR count). The van der Waals surface area contributed by atoms with Gasteiger partial charge in [0, 0.05) is 0 Å². The number of rotatable bonds is 11. The third-order valence-corrected chi connectivity index (χ3v) is 20.6. The molecular formula is C21H38Sn. The van der Waals surface area contributed by atoms with Gasteiger partial charge < -0.3 is 0 Å². The molecule has 1 aromatic rings. The van der Waals surface area contributed by atoms with Crippen molar-refractivity contribution in [2.24, 2.45) is 0 Å². The van der Waals surface area contributed by atoms with Gasteiger partial charge in [0.25, 0.3) is 0 Å². The van der Waals surface area contributed by atoms with Crippen molar-refractivity contribution in [3.8, 4) is 0 Å². The first kappa shape index (κ1) is 20.1. The van der Waals surface area contributed by atoms with Crippen molar-refractivity contribution in [2.45, 2.75) is 90.9 Å². The quantitative estimate of drug-likeness (QED) is 0.338. The summed E-state index contributed by atoms with van der Waals surface area (Å²) in [6.45, 7) is 11.8. The fourth-order valence-corrected chi connectivity index (χ4v) is 20.6. The summed E-state index contributed by atoms with van der Waals surface area (Å²) >= 11 is -2.03. The second kappa shape index (κ2) is 10.7. The molecule has 0 N–H and O–H groups in total. The Balaban J connectivity index is 3.03. The molecule has 1 aromatic carbocycles. The number of benzene rings is 1. The van der Waals surface area contributed by atoms with Gasteiger partial charge in [-0.05, 0) is 0 Å². The first-order valence-corrected chi connectivity index (χ1v) is 17.7. The molecular weight excluding hydrogens is 371 g/mol. The van der Waals surface area contributed by atoms with Crippen molar-refractivity contribution in [1.29, 1.82) is 0 Å². The van der Waals surface area contributed by atoms with Gasteiger partial charge in [0.2, 0.25) is 0 Å². The second-order valence-corrected chi connectivity index (χ2v) is 21.2. The summed E-state index contributed by atoms with van der Waals surface area (Å²) in [5.41, 5.74) is 4.82. The number of hydrogen-bond donors (Lipinski definition) is 0. The van der Waals surface area contributed by atoms with Crippen LogP contribution in [0.2, 0.25) is 13.3 Å². The summed E-state index contributed by atoms with van der Waals surface area (Å²) < 4.78 is 6.38. The molecule has 0 unspecified atom stereocenters. The second-order valence-electron chi connectivity index (χ2n) is 7.36. The molecule has 0 radical (unpaired) electrons. The molecule has 0 spiro atoms. The molecule has 0 aliphatic carbocycles. The van der Waals surface area contributed by atoms with Crippen LogP contribution in [0.25, 0.3) is 0 Å². The minimum atomic E-state index is -2.03. The summed E-state index contributed by atoms with van der Waals surface area (Å²) in [5.74, 6) is 0. The van der Waals surface area contributed by atoms with E-state index in [4.69, 9.17) is 0 Å². The van der Waals surface area contributed by atoms with E-state index in [-0.39, 0.29) is 0 Å². The van der Waals surface area contributed by atoms with Gasteiger partial charge in [-0.1, -0.05) is 0 Å². The van der Waals surface area contributed by atoms with Gasteiger partial charge in [-0.25, -0.2) is 0 Å². The van der Waals surface area contributed by atoms with E-state index in [1.54, 1.807) is 30.0 Å². The van der Waals surface area contributed by atoms with Crippen LogP contribution in [0.3, 0.4) is 0 Å². The molecule has 0 saturated heterocycles. The topological polar surface area (TPSA) is 0 Å². The Morgan fingerprint density at radius 1 is 0.727 bits per heavy atom. The molecule has 0 heterocycles. The van der Waals surface area contributed by atoms with Gasteiger partial charge in [0.05, 0.1) is 0 Å². The minimum absolute atomic E-state index is 1.38. The Morgan fingerprint density at radius 3 is 1.50 bits per heavy atom. The average molecular weight is 409 g/mol. The monoisotopic (exact) mass is 410 g/mol. The summed E-state index contributed by atoms with van der Waals surface area (Å²) in [6.07, 6.45) is 8.58. The van der Waals surface area contributed by atoms with Gasteiger partial charge in [0.15, 0.2) is 0 Å². The molecule has 1 heteroatoms. The number of aryl methyl sites for hydroxylation is 2. The van der Waals surface area contributed by atoms with Crippen LogP contribution in [0.1, 0.15) is 76.0 Å². The van der Waals surface area contributed by atoms with E-state index >= 15 is 0 Å². The molecule has 0 aliphatic rings. The van der Waals surface area contributed by atoms with Crippen LogP contribution in [0.15, 0.2) is 18.2 Å². The molecule has 0 amide bonds. The van der Waals surface area contributed by atoms with Crippen molar-refractivity contribution in [2.75, 3.05) is 0 Å². The third-order valence-electron chi connectivity index (χ3n) is 5.38. The van der Waals surface area contributed by atoms with E-state index in [1.165, 1.54) is 43.0 Å². The molecule has 0 fully saturated rings. The maximum atomic E-state index is 2.37. The summed E-state index contributed by atoms with van der Waals surface area (Å²) in [4.78, 5) is 0. The van der Waals surface area contributed by atoms with Crippen LogP contribution < -0.4 is 0 Å². The maximum absolute atomic E-state index is 2.37. The molecule has 126 valence electrons. The zero-order valence-electron chi connectivity index (χ0n) is 15.8. The Morgan fingerprint density at radius 2 is 1.14 bits per heavy atom. The van der Waals surface area contributed by atoms with Crippen LogP contribution in [0.5, 0.6) is 0 Å². The predicted octanol–water partition coefficient (Wildman–Crippen LogP) is 7.23. The Hall–Kier alpha value is 0.0187. The van der Waals surface area contributed by atoms with E-state index in [2.05, 4.69) is 52.8 Å². The van der Waals surface area contributed by atoms with Crippen molar-refractivity contribution in [1.82, 2.24) is 0 Å². The molecule has 0 aliphatic heterocycles. The SMILES string of the molecule is CCC[CH2][Sn]([CH2]CCC)([CH2]CCC)[CH2]c1c(C)cccc1C. The van der Waals surface area contributed by atoms with E-state index in [1.807, 2.05) is 0 Å². The fraction of sp³-hybridized carbons (Fsp3) is 0.714. The molecule has 0 atom stereocenters. The van der Waals surface area contributed by atoms with Crippen molar-refractivity contribution < 1.29 is 0 Å². The van der Waals surface area contributed by atoms with E-state index in [0.717, 1.165) is 0 Å². The van der Waals surface area contributed by atoms with E-state index in [9.17, 15) is 0 Å². The van der Waals surface area contributed by atoms with Gasteiger partial charge >= 0.3 is 144 Å². The standard InChI is InChI=1S/C9H11.3C4H9.Sn/c1-7-5-4-6-8(2)9(7)3;3*1-3-4-2;/h4-6H,3H2,1-2H3;3*1,3-4H2,2H3;. The normalized spacial score (nSPS) is 11.9. The molecule has 0 bridgehead atoms. The van der Waals surface area contributed by atoms with Crippen LogP contribution in [-0.2, 0) is 4.44 Å². The fourth-order valence-electron chi connectivity index (χ4n) is 3.80. The van der Waals surface area contributed by atoms with Crippen LogP contribution in [0, 0.1) is 13.8 Å². The first-order chi connectivity index (χ1) is 10.6. The zero-order valence-corrected chi connectivity index (χ0v) is 18.7. The van der Waals surface area contributed by atoms with Gasteiger partial charge in [-0.2, -0.15) is 0 Å². The van der Waals surface area contributed by atoms with Crippen molar-refractivity contribution >= 4 is 18.4 Å². The Kier molecular flexibility index (Phi) is 9.79. The van der Waals surface area contributed by atoms with Crippen molar-refractivity contribution in [3.05, 3.63) is 34.9 Å². The van der Waals surface area contributed by atoms with Gasteiger partial charge in [-0.3, -0.25) is 0 Å². The first-order valence-electron chi connectivity index (χ1n) is 9.63. The van der Waals surface area contributed by atoms with E-state index < -0.39 is 18.4 Å². The third kappa shape index (κ3) is 6.26. The Bertz CT molecular complexity index is 380. The summed E-state index contributed by atoms with van der Waals surface area (Å²) in [5, 5.41) is 0. The van der Waals surface area contributed by atoms with Crippen LogP contribution in [-0.4, -0.2) is 18.4 Å². The average Bonchev–Trinajstić information content (AvgIpc) is 2.52.